The summed E-state index contributed by atoms with van der Waals surface area (Å²) in [7, 11) is 1.68. The molecule has 1 aromatic rings. The second kappa shape index (κ2) is 5.54. The van der Waals surface area contributed by atoms with Crippen molar-refractivity contribution >= 4 is 5.91 Å². The number of ether oxygens (including phenoxy) is 1. The van der Waals surface area contributed by atoms with E-state index in [2.05, 4.69) is 37.4 Å². The fourth-order valence-corrected chi connectivity index (χ4v) is 2.53. The van der Waals surface area contributed by atoms with Gasteiger partial charge in [0.25, 0.3) is 0 Å². The number of benzene rings is 1. The third-order valence-electron chi connectivity index (χ3n) is 3.91. The zero-order valence-corrected chi connectivity index (χ0v) is 13.0. The van der Waals surface area contributed by atoms with Crippen molar-refractivity contribution < 1.29 is 9.53 Å². The van der Waals surface area contributed by atoms with E-state index in [1.807, 2.05) is 18.7 Å². The second-order valence-corrected chi connectivity index (χ2v) is 6.13. The Morgan fingerprint density at radius 1 is 1.40 bits per heavy atom. The highest BCUT2D eigenvalue weighted by Gasteiger charge is 2.36. The van der Waals surface area contributed by atoms with Crippen molar-refractivity contribution in [2.24, 2.45) is 0 Å². The Balaban J connectivity index is 2.30. The molecule has 1 unspecified atom stereocenters. The van der Waals surface area contributed by atoms with Crippen LogP contribution >= 0.6 is 0 Å². The van der Waals surface area contributed by atoms with Gasteiger partial charge in [0.15, 0.2) is 0 Å². The van der Waals surface area contributed by atoms with Crippen LogP contribution in [0.5, 0.6) is 0 Å². The molecular weight excluding hydrogens is 252 g/mol. The van der Waals surface area contributed by atoms with Gasteiger partial charge in [-0.3, -0.25) is 10.1 Å². The first-order valence-corrected chi connectivity index (χ1v) is 6.99. The van der Waals surface area contributed by atoms with Gasteiger partial charge in [-0.2, -0.15) is 0 Å². The Labute approximate surface area is 121 Å². The number of carbonyl (C=O) groups excluding carboxylic acids is 1. The van der Waals surface area contributed by atoms with Gasteiger partial charge in [0.1, 0.15) is 6.17 Å². The number of amides is 1. The first-order valence-electron chi connectivity index (χ1n) is 6.99. The van der Waals surface area contributed by atoms with Crippen LogP contribution in [0.25, 0.3) is 0 Å². The lowest BCUT2D eigenvalue weighted by molar-refractivity contribution is -0.131. The quantitative estimate of drug-likeness (QED) is 0.916. The monoisotopic (exact) mass is 276 g/mol. The Morgan fingerprint density at radius 2 is 2.10 bits per heavy atom. The number of nitrogens with one attached hydrogen (secondary N) is 1. The maximum atomic E-state index is 12.2. The molecule has 1 aliphatic heterocycles. The molecular formula is C16H24N2O2. The molecule has 1 aromatic carbocycles. The topological polar surface area (TPSA) is 41.6 Å². The molecule has 4 heteroatoms. The summed E-state index contributed by atoms with van der Waals surface area (Å²) in [4.78, 5) is 14.0. The summed E-state index contributed by atoms with van der Waals surface area (Å²) in [5, 5.41) is 3.31. The molecule has 0 radical (unpaired) electrons. The molecule has 20 heavy (non-hydrogen) atoms. The summed E-state index contributed by atoms with van der Waals surface area (Å²) in [5.74, 6) is 0.126. The zero-order chi connectivity index (χ0) is 14.9. The van der Waals surface area contributed by atoms with Crippen LogP contribution in [0.2, 0.25) is 0 Å². The van der Waals surface area contributed by atoms with Crippen LogP contribution in [-0.4, -0.2) is 36.6 Å². The van der Waals surface area contributed by atoms with Crippen LogP contribution in [0.1, 0.15) is 36.7 Å². The maximum Gasteiger partial charge on any atom is 0.238 e. The average Bonchev–Trinajstić information content (AvgIpc) is 2.74. The highest BCUT2D eigenvalue weighted by Crippen LogP contribution is 2.28. The number of methoxy groups -OCH3 is 1. The minimum absolute atomic E-state index is 0.0585. The van der Waals surface area contributed by atoms with Crippen LogP contribution in [-0.2, 0) is 9.53 Å². The molecule has 1 N–H and O–H groups in total. The Kier molecular flexibility index (Phi) is 4.16. The lowest BCUT2D eigenvalue weighted by atomic mass is 10.0. The van der Waals surface area contributed by atoms with E-state index < -0.39 is 0 Å². The van der Waals surface area contributed by atoms with Crippen molar-refractivity contribution in [1.82, 2.24) is 10.2 Å². The minimum atomic E-state index is -0.350. The lowest BCUT2D eigenvalue weighted by Gasteiger charge is -2.33. The van der Waals surface area contributed by atoms with Crippen LogP contribution in [0.3, 0.4) is 0 Å². The van der Waals surface area contributed by atoms with Gasteiger partial charge in [-0.25, -0.2) is 0 Å². The fourth-order valence-electron chi connectivity index (χ4n) is 2.53. The largest absolute Gasteiger partial charge is 0.377 e. The van der Waals surface area contributed by atoms with E-state index in [4.69, 9.17) is 4.74 Å². The third-order valence-corrected chi connectivity index (χ3v) is 3.91. The number of aryl methyl sites for hydroxylation is 2. The fraction of sp³-hybridized carbons (Fsp3) is 0.562. The third kappa shape index (κ3) is 3.02. The molecule has 1 amide bonds. The molecule has 110 valence electrons. The van der Waals surface area contributed by atoms with Gasteiger partial charge in [0, 0.05) is 7.11 Å². The molecule has 2 rings (SSSR count). The van der Waals surface area contributed by atoms with Crippen molar-refractivity contribution in [3.05, 3.63) is 34.9 Å². The van der Waals surface area contributed by atoms with Crippen LogP contribution in [0.15, 0.2) is 18.2 Å². The molecule has 0 aromatic heterocycles. The Morgan fingerprint density at radius 3 is 2.75 bits per heavy atom. The van der Waals surface area contributed by atoms with E-state index >= 15 is 0 Å². The Hall–Kier alpha value is -1.39. The van der Waals surface area contributed by atoms with Gasteiger partial charge in [-0.05, 0) is 38.8 Å². The SMILES string of the molecule is COC(C)(C)CN1C(=O)CNC1c1cc(C)ccc1C. The number of hydrogen-bond donors (Lipinski definition) is 1. The number of nitrogens with zero attached hydrogens (tertiary/aromatic N) is 1. The molecule has 0 bridgehead atoms. The van der Waals surface area contributed by atoms with E-state index in [1.54, 1.807) is 7.11 Å². The van der Waals surface area contributed by atoms with Gasteiger partial charge in [0.05, 0.1) is 18.7 Å². The first-order chi connectivity index (χ1) is 9.34. The zero-order valence-electron chi connectivity index (χ0n) is 13.0. The Bertz CT molecular complexity index is 511. The predicted octanol–water partition coefficient (Wildman–Crippen LogP) is 2.16. The summed E-state index contributed by atoms with van der Waals surface area (Å²) in [6.45, 7) is 9.12. The van der Waals surface area contributed by atoms with Gasteiger partial charge in [-0.15, -0.1) is 0 Å². The standard InChI is InChI=1S/C16H24N2O2/c1-11-6-7-12(2)13(8-11)15-17-9-14(19)18(15)10-16(3,4)20-5/h6-8,15,17H,9-10H2,1-5H3. The molecule has 4 nitrogen and oxygen atoms in total. The van der Waals surface area contributed by atoms with E-state index in [1.165, 1.54) is 16.7 Å². The van der Waals surface area contributed by atoms with Crippen LogP contribution in [0.4, 0.5) is 0 Å². The van der Waals surface area contributed by atoms with Crippen molar-refractivity contribution in [2.45, 2.75) is 39.5 Å². The highest BCUT2D eigenvalue weighted by atomic mass is 16.5. The molecule has 0 spiro atoms. The van der Waals surface area contributed by atoms with Crippen LogP contribution in [0, 0.1) is 13.8 Å². The minimum Gasteiger partial charge on any atom is -0.377 e. The molecule has 1 heterocycles. The van der Waals surface area contributed by atoms with Gasteiger partial charge < -0.3 is 9.64 Å². The van der Waals surface area contributed by atoms with E-state index in [9.17, 15) is 4.79 Å². The van der Waals surface area contributed by atoms with Gasteiger partial charge in [-0.1, -0.05) is 23.8 Å². The summed E-state index contributed by atoms with van der Waals surface area (Å²) < 4.78 is 5.46. The van der Waals surface area contributed by atoms with E-state index in [-0.39, 0.29) is 17.7 Å². The number of carbonyl (C=O) groups is 1. The number of rotatable bonds is 4. The van der Waals surface area contributed by atoms with Crippen molar-refractivity contribution in [3.63, 3.8) is 0 Å². The predicted molar refractivity (Wildman–Crippen MR) is 79.5 cm³/mol. The first kappa shape index (κ1) is 15.0. The number of hydrogen-bond acceptors (Lipinski definition) is 3. The summed E-state index contributed by atoms with van der Waals surface area (Å²) in [6.07, 6.45) is -0.0585. The summed E-state index contributed by atoms with van der Waals surface area (Å²) >= 11 is 0. The molecule has 1 saturated heterocycles. The van der Waals surface area contributed by atoms with Gasteiger partial charge >= 0.3 is 0 Å². The van der Waals surface area contributed by atoms with E-state index in [0.29, 0.717) is 13.1 Å². The summed E-state index contributed by atoms with van der Waals surface area (Å²) in [5.41, 5.74) is 3.22. The van der Waals surface area contributed by atoms with Crippen molar-refractivity contribution in [1.29, 1.82) is 0 Å². The molecule has 1 fully saturated rings. The van der Waals surface area contributed by atoms with Gasteiger partial charge in [0.2, 0.25) is 5.91 Å². The average molecular weight is 276 g/mol. The highest BCUT2D eigenvalue weighted by molar-refractivity contribution is 5.81. The van der Waals surface area contributed by atoms with E-state index in [0.717, 1.165) is 0 Å². The molecule has 0 saturated carbocycles. The van der Waals surface area contributed by atoms with Crippen molar-refractivity contribution in [3.8, 4) is 0 Å². The smallest absolute Gasteiger partial charge is 0.238 e. The van der Waals surface area contributed by atoms with Crippen LogP contribution < -0.4 is 5.32 Å². The molecule has 1 atom stereocenters. The maximum absolute atomic E-state index is 12.2. The normalized spacial score (nSPS) is 19.8. The molecule has 1 aliphatic rings. The lowest BCUT2D eigenvalue weighted by Crippen LogP contribution is -2.43. The second-order valence-electron chi connectivity index (χ2n) is 6.13. The molecule has 0 aliphatic carbocycles. The summed E-state index contributed by atoms with van der Waals surface area (Å²) in [6, 6.07) is 6.35. The van der Waals surface area contributed by atoms with Crippen molar-refractivity contribution in [2.75, 3.05) is 20.2 Å².